The normalized spacial score (nSPS) is 21.7. The van der Waals surface area contributed by atoms with Gasteiger partial charge in [0, 0.05) is 25.2 Å². The van der Waals surface area contributed by atoms with E-state index in [0.717, 1.165) is 19.4 Å². The van der Waals surface area contributed by atoms with Gasteiger partial charge < -0.3 is 5.32 Å². The molecule has 108 valence electrons. The van der Waals surface area contributed by atoms with Crippen LogP contribution in [0.15, 0.2) is 0 Å². The zero-order valence-corrected chi connectivity index (χ0v) is 12.6. The number of nitrogens with one attached hydrogen (secondary N) is 2. The molecule has 1 unspecified atom stereocenters. The summed E-state index contributed by atoms with van der Waals surface area (Å²) >= 11 is 0. The van der Waals surface area contributed by atoms with Crippen LogP contribution in [-0.2, 0) is 10.2 Å². The summed E-state index contributed by atoms with van der Waals surface area (Å²) in [6.45, 7) is 7.87. The standard InChI is InChI=1S/C12H27N3O2S/c1-4-9-15(18(16,17)14-11(2)3)10-12-7-5-6-8-13-12/h11-14H,4-10H2,1-3H3. The van der Waals surface area contributed by atoms with Gasteiger partial charge in [-0.3, -0.25) is 0 Å². The summed E-state index contributed by atoms with van der Waals surface area (Å²) in [5, 5.41) is 3.40. The van der Waals surface area contributed by atoms with Crippen molar-refractivity contribution < 1.29 is 8.42 Å². The third-order valence-corrected chi connectivity index (χ3v) is 4.81. The Balaban J connectivity index is 2.62. The Bertz CT molecular complexity index is 324. The van der Waals surface area contributed by atoms with E-state index in [1.807, 2.05) is 20.8 Å². The van der Waals surface area contributed by atoms with E-state index < -0.39 is 10.2 Å². The summed E-state index contributed by atoms with van der Waals surface area (Å²) in [5.74, 6) is 0. The van der Waals surface area contributed by atoms with E-state index >= 15 is 0 Å². The first-order chi connectivity index (χ1) is 8.45. The van der Waals surface area contributed by atoms with E-state index in [1.165, 1.54) is 12.8 Å². The van der Waals surface area contributed by atoms with Crippen LogP contribution < -0.4 is 10.0 Å². The molecular weight excluding hydrogens is 250 g/mol. The maximum absolute atomic E-state index is 12.2. The smallest absolute Gasteiger partial charge is 0.279 e. The Morgan fingerprint density at radius 1 is 1.39 bits per heavy atom. The summed E-state index contributed by atoms with van der Waals surface area (Å²) in [6.07, 6.45) is 4.29. The quantitative estimate of drug-likeness (QED) is 0.732. The minimum atomic E-state index is -3.34. The van der Waals surface area contributed by atoms with Crippen LogP contribution in [0.1, 0.15) is 46.5 Å². The second-order valence-electron chi connectivity index (χ2n) is 5.28. The molecule has 0 spiro atoms. The van der Waals surface area contributed by atoms with Crippen molar-refractivity contribution in [2.75, 3.05) is 19.6 Å². The summed E-state index contributed by atoms with van der Waals surface area (Å²) in [4.78, 5) is 0. The highest BCUT2D eigenvalue weighted by atomic mass is 32.2. The molecular formula is C12H27N3O2S. The van der Waals surface area contributed by atoms with Gasteiger partial charge in [0.1, 0.15) is 0 Å². The average Bonchev–Trinajstić information content (AvgIpc) is 2.28. The molecule has 1 aliphatic heterocycles. The minimum absolute atomic E-state index is 0.0614. The molecule has 0 saturated carbocycles. The van der Waals surface area contributed by atoms with Crippen molar-refractivity contribution in [2.24, 2.45) is 0 Å². The fraction of sp³-hybridized carbons (Fsp3) is 1.00. The highest BCUT2D eigenvalue weighted by Gasteiger charge is 2.25. The van der Waals surface area contributed by atoms with Crippen LogP contribution in [0.5, 0.6) is 0 Å². The maximum Gasteiger partial charge on any atom is 0.279 e. The van der Waals surface area contributed by atoms with E-state index in [1.54, 1.807) is 4.31 Å². The van der Waals surface area contributed by atoms with Gasteiger partial charge in [-0.25, -0.2) is 0 Å². The van der Waals surface area contributed by atoms with Gasteiger partial charge in [-0.2, -0.15) is 17.4 Å². The second kappa shape index (κ2) is 7.43. The minimum Gasteiger partial charge on any atom is -0.313 e. The monoisotopic (exact) mass is 277 g/mol. The van der Waals surface area contributed by atoms with Crippen molar-refractivity contribution in [3.8, 4) is 0 Å². The largest absolute Gasteiger partial charge is 0.313 e. The van der Waals surface area contributed by atoms with E-state index in [-0.39, 0.29) is 6.04 Å². The fourth-order valence-electron chi connectivity index (χ4n) is 2.26. The van der Waals surface area contributed by atoms with Crippen LogP contribution in [-0.4, -0.2) is 44.4 Å². The lowest BCUT2D eigenvalue weighted by molar-refractivity contribution is 0.309. The zero-order valence-electron chi connectivity index (χ0n) is 11.8. The zero-order chi connectivity index (χ0) is 13.6. The van der Waals surface area contributed by atoms with Gasteiger partial charge in [-0.15, -0.1) is 0 Å². The highest BCUT2D eigenvalue weighted by Crippen LogP contribution is 2.11. The lowest BCUT2D eigenvalue weighted by Crippen LogP contribution is -2.50. The topological polar surface area (TPSA) is 61.4 Å². The third-order valence-electron chi connectivity index (χ3n) is 3.03. The average molecular weight is 277 g/mol. The highest BCUT2D eigenvalue weighted by molar-refractivity contribution is 7.87. The number of rotatable bonds is 7. The lowest BCUT2D eigenvalue weighted by Gasteiger charge is -2.30. The number of hydrogen-bond acceptors (Lipinski definition) is 3. The first kappa shape index (κ1) is 15.9. The molecule has 0 aliphatic carbocycles. The van der Waals surface area contributed by atoms with Crippen molar-refractivity contribution in [1.82, 2.24) is 14.3 Å². The molecule has 0 aromatic rings. The Labute approximate surface area is 112 Å². The first-order valence-corrected chi connectivity index (χ1v) is 8.40. The molecule has 1 aliphatic rings. The molecule has 1 rings (SSSR count). The molecule has 0 bridgehead atoms. The Morgan fingerprint density at radius 2 is 2.11 bits per heavy atom. The molecule has 0 radical (unpaired) electrons. The molecule has 1 saturated heterocycles. The summed E-state index contributed by atoms with van der Waals surface area (Å²) in [7, 11) is -3.34. The van der Waals surface area contributed by atoms with Crippen molar-refractivity contribution in [2.45, 2.75) is 58.5 Å². The van der Waals surface area contributed by atoms with Crippen LogP contribution in [0, 0.1) is 0 Å². The molecule has 5 nitrogen and oxygen atoms in total. The van der Waals surface area contributed by atoms with Crippen LogP contribution in [0.25, 0.3) is 0 Å². The van der Waals surface area contributed by atoms with E-state index in [4.69, 9.17) is 0 Å². The third kappa shape index (κ3) is 5.22. The molecule has 0 amide bonds. The number of hydrogen-bond donors (Lipinski definition) is 2. The predicted octanol–water partition coefficient (Wildman–Crippen LogP) is 1.08. The van der Waals surface area contributed by atoms with E-state index in [0.29, 0.717) is 19.1 Å². The van der Waals surface area contributed by atoms with Gasteiger partial charge in [0.05, 0.1) is 0 Å². The molecule has 18 heavy (non-hydrogen) atoms. The van der Waals surface area contributed by atoms with Crippen LogP contribution in [0.3, 0.4) is 0 Å². The summed E-state index contributed by atoms with van der Waals surface area (Å²) in [6, 6.07) is 0.239. The van der Waals surface area contributed by atoms with E-state index in [2.05, 4.69) is 10.0 Å². The van der Waals surface area contributed by atoms with Crippen molar-refractivity contribution >= 4 is 10.2 Å². The molecule has 1 atom stereocenters. The molecule has 0 aromatic carbocycles. The maximum atomic E-state index is 12.2. The SMILES string of the molecule is CCCN(CC1CCCCN1)S(=O)(=O)NC(C)C. The molecule has 2 N–H and O–H groups in total. The van der Waals surface area contributed by atoms with Gasteiger partial charge in [-0.1, -0.05) is 13.3 Å². The summed E-state index contributed by atoms with van der Waals surface area (Å²) in [5.41, 5.74) is 0. The van der Waals surface area contributed by atoms with Crippen LogP contribution in [0.4, 0.5) is 0 Å². The Kier molecular flexibility index (Phi) is 6.55. The number of nitrogens with zero attached hydrogens (tertiary/aromatic N) is 1. The van der Waals surface area contributed by atoms with Gasteiger partial charge in [0.15, 0.2) is 0 Å². The summed E-state index contributed by atoms with van der Waals surface area (Å²) < 4.78 is 28.6. The molecule has 0 aromatic heterocycles. The van der Waals surface area contributed by atoms with Gasteiger partial charge in [-0.05, 0) is 39.7 Å². The number of piperidine rings is 1. The van der Waals surface area contributed by atoms with E-state index in [9.17, 15) is 8.42 Å². The van der Waals surface area contributed by atoms with Gasteiger partial charge in [0.25, 0.3) is 10.2 Å². The van der Waals surface area contributed by atoms with Crippen molar-refractivity contribution in [1.29, 1.82) is 0 Å². The lowest BCUT2D eigenvalue weighted by atomic mass is 10.1. The van der Waals surface area contributed by atoms with Crippen molar-refractivity contribution in [3.63, 3.8) is 0 Å². The second-order valence-corrected chi connectivity index (χ2v) is 6.98. The van der Waals surface area contributed by atoms with Gasteiger partial charge in [0.2, 0.25) is 0 Å². The molecule has 6 heteroatoms. The first-order valence-electron chi connectivity index (χ1n) is 6.96. The van der Waals surface area contributed by atoms with Gasteiger partial charge >= 0.3 is 0 Å². The van der Waals surface area contributed by atoms with Crippen LogP contribution in [0.2, 0.25) is 0 Å². The van der Waals surface area contributed by atoms with Crippen LogP contribution >= 0.6 is 0 Å². The fourth-order valence-corrected chi connectivity index (χ4v) is 3.80. The molecule has 1 fully saturated rings. The Morgan fingerprint density at radius 3 is 2.61 bits per heavy atom. The molecule has 1 heterocycles. The Hall–Kier alpha value is -0.170. The van der Waals surface area contributed by atoms with Crippen molar-refractivity contribution in [3.05, 3.63) is 0 Å². The predicted molar refractivity (Wildman–Crippen MR) is 74.7 cm³/mol.